The van der Waals surface area contributed by atoms with Gasteiger partial charge in [-0.15, -0.1) is 0 Å². The molecule has 1 amide bonds. The fraction of sp³-hybridized carbons (Fsp3) is 0.167. The van der Waals surface area contributed by atoms with Crippen molar-refractivity contribution in [2.24, 2.45) is 0 Å². The summed E-state index contributed by atoms with van der Waals surface area (Å²) >= 11 is 0. The number of rotatable bonds is 5. The Kier molecular flexibility index (Phi) is 5.48. The summed E-state index contributed by atoms with van der Waals surface area (Å²) in [6.45, 7) is 0. The molecule has 0 saturated heterocycles. The lowest BCUT2D eigenvalue weighted by Gasteiger charge is -2.16. The van der Waals surface area contributed by atoms with Gasteiger partial charge in [-0.1, -0.05) is 30.3 Å². The molecule has 2 rings (SSSR count). The minimum Gasteiger partial charge on any atom is -0.467 e. The lowest BCUT2D eigenvalue weighted by molar-refractivity contribution is -0.142. The van der Waals surface area contributed by atoms with Crippen molar-refractivity contribution < 1.29 is 14.3 Å². The maximum Gasteiger partial charge on any atom is 0.328 e. The molecule has 0 aliphatic carbocycles. The Hall–Kier alpha value is -3.13. The predicted molar refractivity (Wildman–Crippen MR) is 84.6 cm³/mol. The monoisotopic (exact) mass is 308 g/mol. The predicted octanol–water partition coefficient (Wildman–Crippen LogP) is 2.07. The maximum absolute atomic E-state index is 12.3. The Labute approximate surface area is 134 Å². The summed E-state index contributed by atoms with van der Waals surface area (Å²) < 4.78 is 4.76. The van der Waals surface area contributed by atoms with Gasteiger partial charge in [-0.25, -0.2) is 4.79 Å². The molecule has 23 heavy (non-hydrogen) atoms. The molecule has 0 heterocycles. The molecule has 0 spiro atoms. The molecule has 5 nitrogen and oxygen atoms in total. The van der Waals surface area contributed by atoms with Gasteiger partial charge in [0.1, 0.15) is 6.04 Å². The van der Waals surface area contributed by atoms with Crippen molar-refractivity contribution in [1.29, 1.82) is 5.26 Å². The number of ether oxygens (including phenoxy) is 1. The van der Waals surface area contributed by atoms with E-state index in [0.29, 0.717) is 17.5 Å². The smallest absolute Gasteiger partial charge is 0.328 e. The highest BCUT2D eigenvalue weighted by molar-refractivity contribution is 5.96. The Balaban J connectivity index is 2.12. The summed E-state index contributed by atoms with van der Waals surface area (Å²) in [7, 11) is 1.29. The van der Waals surface area contributed by atoms with E-state index in [1.807, 2.05) is 36.4 Å². The summed E-state index contributed by atoms with van der Waals surface area (Å²) in [6.07, 6.45) is 0.343. The first kappa shape index (κ1) is 16.2. The van der Waals surface area contributed by atoms with Crippen LogP contribution in [0.3, 0.4) is 0 Å². The molecule has 0 aliphatic heterocycles. The van der Waals surface area contributed by atoms with Gasteiger partial charge in [0.2, 0.25) is 0 Å². The number of amides is 1. The van der Waals surface area contributed by atoms with Gasteiger partial charge < -0.3 is 10.1 Å². The molecule has 2 aromatic carbocycles. The fourth-order valence-corrected chi connectivity index (χ4v) is 2.12. The zero-order chi connectivity index (χ0) is 16.7. The van der Waals surface area contributed by atoms with Crippen molar-refractivity contribution in [3.8, 4) is 6.07 Å². The van der Waals surface area contributed by atoms with Crippen molar-refractivity contribution in [1.82, 2.24) is 5.32 Å². The standard InChI is InChI=1S/C18H16N2O3/c1-23-18(22)16(11-13-5-3-2-4-6-13)20-17(21)15-9-7-14(12-19)8-10-15/h2-10,16H,11H2,1H3,(H,20,21). The van der Waals surface area contributed by atoms with Crippen LogP contribution >= 0.6 is 0 Å². The van der Waals surface area contributed by atoms with Crippen LogP contribution in [0.5, 0.6) is 0 Å². The van der Waals surface area contributed by atoms with Crippen molar-refractivity contribution in [2.75, 3.05) is 7.11 Å². The van der Waals surface area contributed by atoms with Gasteiger partial charge in [0.25, 0.3) is 5.91 Å². The van der Waals surface area contributed by atoms with Crippen molar-refractivity contribution in [3.63, 3.8) is 0 Å². The van der Waals surface area contributed by atoms with Crippen LogP contribution in [0.15, 0.2) is 54.6 Å². The number of carbonyl (C=O) groups is 2. The molecule has 1 unspecified atom stereocenters. The lowest BCUT2D eigenvalue weighted by Crippen LogP contribution is -2.43. The van der Waals surface area contributed by atoms with Gasteiger partial charge in [0.15, 0.2) is 0 Å². The van der Waals surface area contributed by atoms with Gasteiger partial charge in [0, 0.05) is 12.0 Å². The zero-order valence-corrected chi connectivity index (χ0v) is 12.7. The summed E-state index contributed by atoms with van der Waals surface area (Å²) in [6, 6.07) is 16.8. The molecule has 2 aromatic rings. The van der Waals surface area contributed by atoms with E-state index in [4.69, 9.17) is 10.00 Å². The number of nitrogens with one attached hydrogen (secondary N) is 1. The molecule has 1 N–H and O–H groups in total. The molecule has 116 valence electrons. The van der Waals surface area contributed by atoms with Gasteiger partial charge >= 0.3 is 5.97 Å². The Morgan fingerprint density at radius 2 is 1.78 bits per heavy atom. The second kappa shape index (κ2) is 7.76. The van der Waals surface area contributed by atoms with E-state index < -0.39 is 12.0 Å². The summed E-state index contributed by atoms with van der Waals surface area (Å²) in [5, 5.41) is 11.4. The first-order valence-electron chi connectivity index (χ1n) is 7.07. The Bertz CT molecular complexity index is 718. The minimum atomic E-state index is -0.773. The van der Waals surface area contributed by atoms with E-state index in [2.05, 4.69) is 5.32 Å². The van der Waals surface area contributed by atoms with Gasteiger partial charge in [-0.2, -0.15) is 5.26 Å². The molecule has 0 bridgehead atoms. The van der Waals surface area contributed by atoms with Crippen LogP contribution < -0.4 is 5.32 Å². The van der Waals surface area contributed by atoms with E-state index in [-0.39, 0.29) is 5.91 Å². The molecule has 5 heteroatoms. The van der Waals surface area contributed by atoms with Crippen molar-refractivity contribution >= 4 is 11.9 Å². The highest BCUT2D eigenvalue weighted by Gasteiger charge is 2.22. The van der Waals surface area contributed by atoms with Crippen LogP contribution in [-0.4, -0.2) is 25.0 Å². The second-order valence-corrected chi connectivity index (χ2v) is 4.93. The molecule has 0 fully saturated rings. The van der Waals surface area contributed by atoms with E-state index in [0.717, 1.165) is 5.56 Å². The van der Waals surface area contributed by atoms with Crippen LogP contribution in [0, 0.1) is 11.3 Å². The molecule has 1 atom stereocenters. The van der Waals surface area contributed by atoms with Crippen LogP contribution in [0.1, 0.15) is 21.5 Å². The average Bonchev–Trinajstić information content (AvgIpc) is 2.61. The third-order valence-electron chi connectivity index (χ3n) is 3.35. The van der Waals surface area contributed by atoms with Gasteiger partial charge in [-0.05, 0) is 29.8 Å². The summed E-state index contributed by atoms with van der Waals surface area (Å²) in [4.78, 5) is 24.2. The average molecular weight is 308 g/mol. The molecular formula is C18H16N2O3. The molecule has 0 aromatic heterocycles. The molecule has 0 radical (unpaired) electrons. The molecule has 0 aliphatic rings. The van der Waals surface area contributed by atoms with Crippen molar-refractivity contribution in [3.05, 3.63) is 71.3 Å². The highest BCUT2D eigenvalue weighted by Crippen LogP contribution is 2.07. The number of nitriles is 1. The van der Waals surface area contributed by atoms with Crippen molar-refractivity contribution in [2.45, 2.75) is 12.5 Å². The van der Waals surface area contributed by atoms with Crippen LogP contribution in [0.2, 0.25) is 0 Å². The van der Waals surface area contributed by atoms with Gasteiger partial charge in [-0.3, -0.25) is 4.79 Å². The number of methoxy groups -OCH3 is 1. The van der Waals surface area contributed by atoms with E-state index in [1.54, 1.807) is 24.3 Å². The quantitative estimate of drug-likeness (QED) is 0.858. The Morgan fingerprint density at radius 1 is 1.13 bits per heavy atom. The van der Waals surface area contributed by atoms with E-state index >= 15 is 0 Å². The fourth-order valence-electron chi connectivity index (χ4n) is 2.12. The van der Waals surface area contributed by atoms with Gasteiger partial charge in [0.05, 0.1) is 18.7 Å². The molecular weight excluding hydrogens is 292 g/mol. The number of hydrogen-bond acceptors (Lipinski definition) is 4. The van der Waals surface area contributed by atoms with E-state index in [9.17, 15) is 9.59 Å². The van der Waals surface area contributed by atoms with Crippen LogP contribution in [0.25, 0.3) is 0 Å². The first-order valence-corrected chi connectivity index (χ1v) is 7.07. The highest BCUT2D eigenvalue weighted by atomic mass is 16.5. The maximum atomic E-state index is 12.3. The number of carbonyl (C=O) groups excluding carboxylic acids is 2. The number of benzene rings is 2. The first-order chi connectivity index (χ1) is 11.1. The topological polar surface area (TPSA) is 79.2 Å². The van der Waals surface area contributed by atoms with E-state index in [1.165, 1.54) is 7.11 Å². The number of hydrogen-bond donors (Lipinski definition) is 1. The second-order valence-electron chi connectivity index (χ2n) is 4.93. The summed E-state index contributed by atoms with van der Waals surface area (Å²) in [5.41, 5.74) is 1.77. The third kappa shape index (κ3) is 4.42. The lowest BCUT2D eigenvalue weighted by atomic mass is 10.1. The SMILES string of the molecule is COC(=O)C(Cc1ccccc1)NC(=O)c1ccc(C#N)cc1. The van der Waals surface area contributed by atoms with Crippen LogP contribution in [-0.2, 0) is 16.0 Å². The number of nitrogens with zero attached hydrogens (tertiary/aromatic N) is 1. The molecule has 0 saturated carbocycles. The largest absolute Gasteiger partial charge is 0.467 e. The zero-order valence-electron chi connectivity index (χ0n) is 12.7. The number of esters is 1. The Morgan fingerprint density at radius 3 is 2.35 bits per heavy atom. The summed E-state index contributed by atoms with van der Waals surface area (Å²) in [5.74, 6) is -0.892. The minimum absolute atomic E-state index is 0.343. The van der Waals surface area contributed by atoms with Crippen LogP contribution in [0.4, 0.5) is 0 Å². The third-order valence-corrected chi connectivity index (χ3v) is 3.35. The normalized spacial score (nSPS) is 11.1.